The largest absolute Gasteiger partial charge is 0.494 e. The molecule has 0 radical (unpaired) electrons. The van der Waals surface area contributed by atoms with Gasteiger partial charge in [-0.3, -0.25) is 9.69 Å². The number of carbonyl (C=O) groups is 1. The molecule has 128 valence electrons. The SMILES string of the molecule is CN(C)CCN(C(=O)C1=COCCO1)c1nc2c(Cl)cccc2s1. The van der Waals surface area contributed by atoms with Crippen molar-refractivity contribution in [3.8, 4) is 0 Å². The fourth-order valence-corrected chi connectivity index (χ4v) is 3.51. The highest BCUT2D eigenvalue weighted by Gasteiger charge is 2.26. The first-order valence-corrected chi connectivity index (χ1v) is 8.72. The Hall–Kier alpha value is -1.83. The number of hydrogen-bond acceptors (Lipinski definition) is 6. The number of amides is 1. The van der Waals surface area contributed by atoms with Gasteiger partial charge in [-0.25, -0.2) is 4.98 Å². The number of anilines is 1. The predicted octanol–water partition coefficient (Wildman–Crippen LogP) is 2.73. The summed E-state index contributed by atoms with van der Waals surface area (Å²) in [6, 6.07) is 5.61. The highest BCUT2D eigenvalue weighted by molar-refractivity contribution is 7.22. The zero-order valence-corrected chi connectivity index (χ0v) is 15.1. The van der Waals surface area contributed by atoms with E-state index in [9.17, 15) is 4.79 Å². The van der Waals surface area contributed by atoms with E-state index in [4.69, 9.17) is 21.1 Å². The van der Waals surface area contributed by atoms with Gasteiger partial charge in [0.15, 0.2) is 5.13 Å². The number of likely N-dealkylation sites (N-methyl/N-ethyl adjacent to an activating group) is 1. The minimum Gasteiger partial charge on any atom is -0.494 e. The third kappa shape index (κ3) is 3.63. The molecule has 0 bridgehead atoms. The van der Waals surface area contributed by atoms with Crippen LogP contribution in [-0.2, 0) is 14.3 Å². The van der Waals surface area contributed by atoms with Gasteiger partial charge in [-0.15, -0.1) is 0 Å². The van der Waals surface area contributed by atoms with E-state index in [0.29, 0.717) is 42.0 Å². The highest BCUT2D eigenvalue weighted by Crippen LogP contribution is 2.33. The van der Waals surface area contributed by atoms with Gasteiger partial charge < -0.3 is 14.4 Å². The van der Waals surface area contributed by atoms with E-state index in [1.165, 1.54) is 17.6 Å². The summed E-state index contributed by atoms with van der Waals surface area (Å²) >= 11 is 7.64. The molecule has 6 nitrogen and oxygen atoms in total. The summed E-state index contributed by atoms with van der Waals surface area (Å²) < 4.78 is 11.6. The first-order chi connectivity index (χ1) is 11.6. The van der Waals surface area contributed by atoms with E-state index < -0.39 is 0 Å². The number of nitrogens with zero attached hydrogens (tertiary/aromatic N) is 3. The maximum absolute atomic E-state index is 12.8. The Balaban J connectivity index is 1.94. The minimum atomic E-state index is -0.258. The van der Waals surface area contributed by atoms with Crippen molar-refractivity contribution in [3.05, 3.63) is 35.2 Å². The van der Waals surface area contributed by atoms with Crippen LogP contribution in [0.5, 0.6) is 0 Å². The summed E-state index contributed by atoms with van der Waals surface area (Å²) in [5, 5.41) is 1.17. The Morgan fingerprint density at radius 2 is 2.17 bits per heavy atom. The molecule has 1 aliphatic rings. The van der Waals surface area contributed by atoms with E-state index in [1.807, 2.05) is 31.1 Å². The van der Waals surface area contributed by atoms with Gasteiger partial charge in [0, 0.05) is 13.1 Å². The minimum absolute atomic E-state index is 0.199. The van der Waals surface area contributed by atoms with Crippen molar-refractivity contribution >= 4 is 44.2 Å². The standard InChI is InChI=1S/C16H18ClN3O3S/c1-19(2)6-7-20(15(21)12-10-22-8-9-23-12)16-18-14-11(17)4-3-5-13(14)24-16/h3-5,10H,6-9H2,1-2H3. The summed E-state index contributed by atoms with van der Waals surface area (Å²) in [6.07, 6.45) is 1.37. The Bertz CT molecular complexity index is 775. The van der Waals surface area contributed by atoms with E-state index in [1.54, 1.807) is 11.0 Å². The summed E-state index contributed by atoms with van der Waals surface area (Å²) in [7, 11) is 3.91. The normalized spacial score (nSPS) is 14.2. The van der Waals surface area contributed by atoms with Gasteiger partial charge in [-0.2, -0.15) is 0 Å². The number of para-hydroxylation sites is 1. The van der Waals surface area contributed by atoms with Crippen LogP contribution in [0.15, 0.2) is 30.2 Å². The van der Waals surface area contributed by atoms with Crippen LogP contribution in [0.3, 0.4) is 0 Å². The lowest BCUT2D eigenvalue weighted by molar-refractivity contribution is -0.119. The second-order valence-corrected chi connectivity index (χ2v) is 6.96. The lowest BCUT2D eigenvalue weighted by Crippen LogP contribution is -2.38. The van der Waals surface area contributed by atoms with Gasteiger partial charge in [0.1, 0.15) is 25.0 Å². The predicted molar refractivity (Wildman–Crippen MR) is 95.5 cm³/mol. The van der Waals surface area contributed by atoms with E-state index in [2.05, 4.69) is 4.98 Å². The number of carbonyl (C=O) groups excluding carboxylic acids is 1. The van der Waals surface area contributed by atoms with Crippen molar-refractivity contribution in [1.82, 2.24) is 9.88 Å². The van der Waals surface area contributed by atoms with E-state index in [0.717, 1.165) is 4.70 Å². The fraction of sp³-hybridized carbons (Fsp3) is 0.375. The third-order valence-electron chi connectivity index (χ3n) is 3.47. The summed E-state index contributed by atoms with van der Waals surface area (Å²) in [5.41, 5.74) is 0.705. The molecule has 24 heavy (non-hydrogen) atoms. The molecule has 1 aromatic carbocycles. The van der Waals surface area contributed by atoms with Crippen molar-refractivity contribution in [3.63, 3.8) is 0 Å². The topological polar surface area (TPSA) is 54.9 Å². The molecule has 2 heterocycles. The van der Waals surface area contributed by atoms with Crippen molar-refractivity contribution in [2.75, 3.05) is 45.3 Å². The van der Waals surface area contributed by atoms with Crippen LogP contribution >= 0.6 is 22.9 Å². The zero-order chi connectivity index (χ0) is 17.1. The first kappa shape index (κ1) is 17.0. The van der Waals surface area contributed by atoms with Crippen LogP contribution in [0, 0.1) is 0 Å². The molecule has 3 rings (SSSR count). The van der Waals surface area contributed by atoms with Gasteiger partial charge in [0.25, 0.3) is 5.91 Å². The molecule has 2 aromatic rings. The number of hydrogen-bond donors (Lipinski definition) is 0. The quantitative estimate of drug-likeness (QED) is 0.813. The number of ether oxygens (including phenoxy) is 2. The summed E-state index contributed by atoms with van der Waals surface area (Å²) in [5.74, 6) is -0.0583. The third-order valence-corrected chi connectivity index (χ3v) is 4.81. The molecule has 0 saturated heterocycles. The molecule has 1 aromatic heterocycles. The molecular weight excluding hydrogens is 350 g/mol. The molecule has 8 heteroatoms. The van der Waals surface area contributed by atoms with Crippen LogP contribution in [0.1, 0.15) is 0 Å². The number of thiazole rings is 1. The smallest absolute Gasteiger partial charge is 0.298 e. The van der Waals surface area contributed by atoms with Crippen molar-refractivity contribution in [1.29, 1.82) is 0 Å². The molecule has 0 N–H and O–H groups in total. The van der Waals surface area contributed by atoms with Crippen molar-refractivity contribution in [2.24, 2.45) is 0 Å². The molecule has 0 aliphatic carbocycles. The molecule has 0 unspecified atom stereocenters. The molecule has 0 fully saturated rings. The van der Waals surface area contributed by atoms with Gasteiger partial charge in [0.05, 0.1) is 9.72 Å². The second kappa shape index (κ2) is 7.38. The van der Waals surface area contributed by atoms with Crippen molar-refractivity contribution < 1.29 is 14.3 Å². The van der Waals surface area contributed by atoms with E-state index >= 15 is 0 Å². The van der Waals surface area contributed by atoms with E-state index in [-0.39, 0.29) is 11.7 Å². The highest BCUT2D eigenvalue weighted by atomic mass is 35.5. The Morgan fingerprint density at radius 3 is 2.83 bits per heavy atom. The molecule has 1 amide bonds. The number of aromatic nitrogens is 1. The number of rotatable bonds is 5. The number of benzene rings is 1. The Morgan fingerprint density at radius 1 is 1.33 bits per heavy atom. The van der Waals surface area contributed by atoms with Crippen LogP contribution < -0.4 is 4.90 Å². The average molecular weight is 368 g/mol. The maximum atomic E-state index is 12.8. The van der Waals surface area contributed by atoms with Crippen LogP contribution in [0.2, 0.25) is 5.02 Å². The lowest BCUT2D eigenvalue weighted by atomic mass is 10.3. The first-order valence-electron chi connectivity index (χ1n) is 7.52. The monoisotopic (exact) mass is 367 g/mol. The number of fused-ring (bicyclic) bond motifs is 1. The lowest BCUT2D eigenvalue weighted by Gasteiger charge is -2.24. The molecule has 1 aliphatic heterocycles. The van der Waals surface area contributed by atoms with Crippen molar-refractivity contribution in [2.45, 2.75) is 0 Å². The van der Waals surface area contributed by atoms with Crippen LogP contribution in [-0.4, -0.2) is 56.2 Å². The van der Waals surface area contributed by atoms with Gasteiger partial charge >= 0.3 is 0 Å². The van der Waals surface area contributed by atoms with Gasteiger partial charge in [-0.05, 0) is 26.2 Å². The summed E-state index contributed by atoms with van der Waals surface area (Å²) in [4.78, 5) is 21.0. The fourth-order valence-electron chi connectivity index (χ4n) is 2.22. The summed E-state index contributed by atoms with van der Waals surface area (Å²) in [6.45, 7) is 2.00. The Labute approximate surface area is 149 Å². The van der Waals surface area contributed by atoms with Crippen LogP contribution in [0.25, 0.3) is 10.2 Å². The molecular formula is C16H18ClN3O3S. The molecule has 0 atom stereocenters. The average Bonchev–Trinajstić information content (AvgIpc) is 3.01. The van der Waals surface area contributed by atoms with Gasteiger partial charge in [-0.1, -0.05) is 29.0 Å². The van der Waals surface area contributed by atoms with Crippen LogP contribution in [0.4, 0.5) is 5.13 Å². The second-order valence-electron chi connectivity index (χ2n) is 5.54. The molecule has 0 saturated carbocycles. The molecule has 0 spiro atoms. The zero-order valence-electron chi connectivity index (χ0n) is 13.5. The number of halogens is 1. The Kier molecular flexibility index (Phi) is 5.23. The maximum Gasteiger partial charge on any atom is 0.298 e. The van der Waals surface area contributed by atoms with Gasteiger partial charge in [0.2, 0.25) is 5.76 Å².